The fourth-order valence-corrected chi connectivity index (χ4v) is 3.74. The monoisotopic (exact) mass is 350 g/mol. The van der Waals surface area contributed by atoms with E-state index in [1.807, 2.05) is 47.9 Å². The van der Waals surface area contributed by atoms with Crippen molar-refractivity contribution in [2.24, 2.45) is 0 Å². The van der Waals surface area contributed by atoms with Crippen LogP contribution in [0.2, 0.25) is 5.02 Å². The number of aromatic nitrogens is 3. The number of hydrogen-bond donors (Lipinski definition) is 1. The lowest BCUT2D eigenvalue weighted by molar-refractivity contribution is 0.0880. The lowest BCUT2D eigenvalue weighted by atomic mass is 10.1. The summed E-state index contributed by atoms with van der Waals surface area (Å²) in [6.45, 7) is 1.82. The van der Waals surface area contributed by atoms with Gasteiger partial charge in [0.05, 0.1) is 38.4 Å². The molecule has 0 aliphatic carbocycles. The number of imide groups is 1. The molecule has 7 heteroatoms. The highest BCUT2D eigenvalue weighted by atomic mass is 35.5. The Hall–Kier alpha value is -3.12. The summed E-state index contributed by atoms with van der Waals surface area (Å²) in [7, 11) is 0. The Bertz CT molecular complexity index is 1240. The normalized spacial score (nSPS) is 13.7. The zero-order valence-corrected chi connectivity index (χ0v) is 13.8. The van der Waals surface area contributed by atoms with E-state index in [2.05, 4.69) is 10.4 Å². The van der Waals surface area contributed by atoms with E-state index in [0.29, 0.717) is 44.1 Å². The Balaban J connectivity index is 2.05. The van der Waals surface area contributed by atoms with Crippen LogP contribution in [-0.4, -0.2) is 26.0 Å². The minimum atomic E-state index is -0.393. The van der Waals surface area contributed by atoms with Crippen molar-refractivity contribution in [3.8, 4) is 5.69 Å². The van der Waals surface area contributed by atoms with Crippen LogP contribution in [0, 0.1) is 6.92 Å². The summed E-state index contributed by atoms with van der Waals surface area (Å²) in [5.41, 5.74) is 3.51. The number of nitrogens with zero attached hydrogens (tertiary/aromatic N) is 3. The Morgan fingerprint density at radius 2 is 1.80 bits per heavy atom. The summed E-state index contributed by atoms with van der Waals surface area (Å²) < 4.78 is 3.59. The first-order chi connectivity index (χ1) is 12.1. The van der Waals surface area contributed by atoms with E-state index < -0.39 is 5.91 Å². The molecule has 2 amide bonds. The van der Waals surface area contributed by atoms with Gasteiger partial charge in [-0.15, -0.1) is 0 Å². The average molecular weight is 351 g/mol. The maximum Gasteiger partial charge on any atom is 0.261 e. The van der Waals surface area contributed by atoms with Crippen molar-refractivity contribution in [2.45, 2.75) is 6.92 Å². The predicted octanol–water partition coefficient (Wildman–Crippen LogP) is 3.12. The van der Waals surface area contributed by atoms with Gasteiger partial charge in [0.25, 0.3) is 11.8 Å². The van der Waals surface area contributed by atoms with Crippen LogP contribution in [0.15, 0.2) is 42.6 Å². The molecule has 4 heterocycles. The summed E-state index contributed by atoms with van der Waals surface area (Å²) in [5, 5.41) is 8.20. The third-order valence-electron chi connectivity index (χ3n) is 4.53. The molecular weight excluding hydrogens is 340 g/mol. The van der Waals surface area contributed by atoms with Crippen LogP contribution in [0.3, 0.4) is 0 Å². The molecule has 25 heavy (non-hydrogen) atoms. The van der Waals surface area contributed by atoms with Gasteiger partial charge in [0.15, 0.2) is 0 Å². The number of rotatable bonds is 1. The molecule has 122 valence electrons. The number of fused-ring (bicyclic) bond motifs is 6. The minimum Gasteiger partial charge on any atom is -0.300 e. The van der Waals surface area contributed by atoms with Crippen LogP contribution < -0.4 is 5.32 Å². The van der Waals surface area contributed by atoms with Gasteiger partial charge in [-0.05, 0) is 31.2 Å². The van der Waals surface area contributed by atoms with E-state index in [0.717, 1.165) is 0 Å². The number of carbonyl (C=O) groups is 2. The van der Waals surface area contributed by atoms with Gasteiger partial charge in [-0.1, -0.05) is 23.7 Å². The summed E-state index contributed by atoms with van der Waals surface area (Å²) in [5.74, 6) is -0.772. The molecule has 0 saturated carbocycles. The van der Waals surface area contributed by atoms with E-state index in [1.54, 1.807) is 10.7 Å². The highest BCUT2D eigenvalue weighted by Crippen LogP contribution is 2.34. The van der Waals surface area contributed by atoms with Crippen LogP contribution in [0.1, 0.15) is 26.4 Å². The number of amides is 2. The molecular formula is C18H11ClN4O2. The highest BCUT2D eigenvalue weighted by Gasteiger charge is 2.34. The highest BCUT2D eigenvalue weighted by molar-refractivity contribution is 6.32. The quantitative estimate of drug-likeness (QED) is 0.536. The number of halogens is 1. The van der Waals surface area contributed by atoms with E-state index in [1.165, 1.54) is 0 Å². The molecule has 6 nitrogen and oxygen atoms in total. The van der Waals surface area contributed by atoms with E-state index in [-0.39, 0.29) is 5.91 Å². The van der Waals surface area contributed by atoms with Crippen LogP contribution >= 0.6 is 11.6 Å². The average Bonchev–Trinajstić information content (AvgIpc) is 3.25. The van der Waals surface area contributed by atoms with Crippen molar-refractivity contribution in [3.05, 3.63) is 64.4 Å². The van der Waals surface area contributed by atoms with Gasteiger partial charge in [0, 0.05) is 6.20 Å². The molecule has 3 aromatic heterocycles. The fraction of sp³-hybridized carbons (Fsp3) is 0.0556. The summed E-state index contributed by atoms with van der Waals surface area (Å²) in [4.78, 5) is 24.7. The molecule has 0 unspecified atom stereocenters. The molecule has 0 bridgehead atoms. The molecule has 0 atom stereocenters. The van der Waals surface area contributed by atoms with Gasteiger partial charge < -0.3 is 4.40 Å². The molecule has 1 N–H and O–H groups in total. The first-order valence-corrected chi connectivity index (χ1v) is 8.08. The third kappa shape index (κ3) is 1.71. The smallest absolute Gasteiger partial charge is 0.261 e. The number of para-hydroxylation sites is 1. The van der Waals surface area contributed by atoms with Gasteiger partial charge >= 0.3 is 0 Å². The molecule has 0 radical (unpaired) electrons. The van der Waals surface area contributed by atoms with E-state index >= 15 is 0 Å². The van der Waals surface area contributed by atoms with Crippen molar-refractivity contribution in [1.29, 1.82) is 0 Å². The van der Waals surface area contributed by atoms with Crippen LogP contribution in [0.5, 0.6) is 0 Å². The topological polar surface area (TPSA) is 68.4 Å². The molecule has 1 aliphatic rings. The Kier molecular flexibility index (Phi) is 2.68. The number of aryl methyl sites for hydroxylation is 1. The zero-order valence-electron chi connectivity index (χ0n) is 13.1. The minimum absolute atomic E-state index is 0.377. The van der Waals surface area contributed by atoms with Gasteiger partial charge in [0.1, 0.15) is 5.65 Å². The lowest BCUT2D eigenvalue weighted by Crippen LogP contribution is -2.20. The molecule has 1 aromatic carbocycles. The van der Waals surface area contributed by atoms with Crippen molar-refractivity contribution in [3.63, 3.8) is 0 Å². The van der Waals surface area contributed by atoms with Gasteiger partial charge in [-0.3, -0.25) is 14.9 Å². The predicted molar refractivity (Wildman–Crippen MR) is 93.6 cm³/mol. The van der Waals surface area contributed by atoms with Crippen LogP contribution in [0.4, 0.5) is 0 Å². The third-order valence-corrected chi connectivity index (χ3v) is 4.85. The van der Waals surface area contributed by atoms with E-state index in [9.17, 15) is 9.59 Å². The molecule has 5 rings (SSSR count). The van der Waals surface area contributed by atoms with Crippen molar-refractivity contribution in [1.82, 2.24) is 19.5 Å². The SMILES string of the molecule is Cc1nn(-c2ccccc2Cl)c2c1c1c(c3cccn32)C(=O)NC1=O. The number of hydrogen-bond acceptors (Lipinski definition) is 3. The van der Waals surface area contributed by atoms with Crippen molar-refractivity contribution < 1.29 is 9.59 Å². The Morgan fingerprint density at radius 3 is 2.60 bits per heavy atom. The molecule has 4 aromatic rings. The molecule has 0 fully saturated rings. The summed E-state index contributed by atoms with van der Waals surface area (Å²) in [6, 6.07) is 11.0. The second-order valence-electron chi connectivity index (χ2n) is 5.94. The largest absolute Gasteiger partial charge is 0.300 e. The van der Waals surface area contributed by atoms with Crippen LogP contribution in [0.25, 0.3) is 22.2 Å². The van der Waals surface area contributed by atoms with Gasteiger partial charge in [0.2, 0.25) is 0 Å². The summed E-state index contributed by atoms with van der Waals surface area (Å²) in [6.07, 6.45) is 1.85. The fourth-order valence-electron chi connectivity index (χ4n) is 3.53. The second-order valence-corrected chi connectivity index (χ2v) is 6.35. The van der Waals surface area contributed by atoms with Crippen molar-refractivity contribution in [2.75, 3.05) is 0 Å². The second kappa shape index (κ2) is 4.70. The zero-order chi connectivity index (χ0) is 17.3. The van der Waals surface area contributed by atoms with E-state index in [4.69, 9.17) is 11.6 Å². The Labute approximate surface area is 146 Å². The number of nitrogens with one attached hydrogen (secondary N) is 1. The van der Waals surface area contributed by atoms with Gasteiger partial charge in [-0.25, -0.2) is 4.68 Å². The first-order valence-electron chi connectivity index (χ1n) is 7.71. The van der Waals surface area contributed by atoms with Crippen molar-refractivity contribution >= 4 is 40.0 Å². The Morgan fingerprint density at radius 1 is 1.04 bits per heavy atom. The molecule has 0 spiro atoms. The van der Waals surface area contributed by atoms with Gasteiger partial charge in [-0.2, -0.15) is 5.10 Å². The van der Waals surface area contributed by atoms with Crippen LogP contribution in [-0.2, 0) is 0 Å². The summed E-state index contributed by atoms with van der Waals surface area (Å²) >= 11 is 6.36. The number of carbonyl (C=O) groups excluding carboxylic acids is 2. The molecule has 1 aliphatic heterocycles. The lowest BCUT2D eigenvalue weighted by Gasteiger charge is -2.09. The number of benzene rings is 1. The molecule has 0 saturated heterocycles. The number of pyridine rings is 1. The maximum atomic E-state index is 12.4. The first kappa shape index (κ1) is 14.2. The standard InChI is InChI=1S/C18H11ClN4O2/c1-9-13-15-14(16(24)20-17(15)25)12-7-4-8-22(12)18(13)23(21-9)11-6-3-2-5-10(11)19/h2-8H,1H3,(H,20,24,25). The maximum absolute atomic E-state index is 12.4.